The van der Waals surface area contributed by atoms with Gasteiger partial charge in [-0.15, -0.1) is 0 Å². The summed E-state index contributed by atoms with van der Waals surface area (Å²) < 4.78 is 5.43. The van der Waals surface area contributed by atoms with Crippen LogP contribution in [0.3, 0.4) is 0 Å². The maximum absolute atomic E-state index is 14.2. The van der Waals surface area contributed by atoms with Gasteiger partial charge in [0.05, 0.1) is 0 Å². The number of nitrogens with one attached hydrogen (secondary N) is 2. The summed E-state index contributed by atoms with van der Waals surface area (Å²) in [6.07, 6.45) is 1.60. The van der Waals surface area contributed by atoms with E-state index in [0.717, 1.165) is 11.1 Å². The maximum Gasteiger partial charge on any atom is 0.408 e. The first-order chi connectivity index (χ1) is 18.2. The van der Waals surface area contributed by atoms with Crippen molar-refractivity contribution < 1.29 is 24.2 Å². The van der Waals surface area contributed by atoms with Crippen molar-refractivity contribution in [3.8, 4) is 5.75 Å². The number of hydrogen-bond donors (Lipinski definition) is 3. The van der Waals surface area contributed by atoms with Crippen molar-refractivity contribution in [2.75, 3.05) is 17.3 Å². The lowest BCUT2D eigenvalue weighted by molar-refractivity contribution is -0.143. The third kappa shape index (κ3) is 8.92. The minimum absolute atomic E-state index is 0.0968. The fourth-order valence-corrected chi connectivity index (χ4v) is 4.76. The van der Waals surface area contributed by atoms with Crippen LogP contribution < -0.4 is 10.6 Å². The van der Waals surface area contributed by atoms with Crippen molar-refractivity contribution in [3.05, 3.63) is 58.7 Å². The van der Waals surface area contributed by atoms with Gasteiger partial charge in [-0.25, -0.2) is 4.79 Å². The van der Waals surface area contributed by atoms with E-state index in [4.69, 9.17) is 4.74 Å². The van der Waals surface area contributed by atoms with Crippen LogP contribution in [0.1, 0.15) is 69.3 Å². The average molecular weight is 558 g/mol. The zero-order valence-electron chi connectivity index (χ0n) is 24.5. The van der Waals surface area contributed by atoms with Crippen LogP contribution in [0, 0.1) is 20.8 Å². The van der Waals surface area contributed by atoms with Crippen LogP contribution >= 0.6 is 11.8 Å². The molecule has 2 atom stereocenters. The number of ether oxygens (including phenoxy) is 1. The van der Waals surface area contributed by atoms with E-state index in [1.807, 2.05) is 52.1 Å². The fourth-order valence-electron chi connectivity index (χ4n) is 4.29. The van der Waals surface area contributed by atoms with E-state index < -0.39 is 35.7 Å². The average Bonchev–Trinajstić information content (AvgIpc) is 2.82. The highest BCUT2D eigenvalue weighted by Gasteiger charge is 2.38. The van der Waals surface area contributed by atoms with E-state index in [1.54, 1.807) is 51.6 Å². The highest BCUT2D eigenvalue weighted by molar-refractivity contribution is 7.98. The Morgan fingerprint density at radius 3 is 2.15 bits per heavy atom. The minimum atomic E-state index is -1.02. The number of anilines is 1. The van der Waals surface area contributed by atoms with Gasteiger partial charge in [-0.3, -0.25) is 9.59 Å². The van der Waals surface area contributed by atoms with Gasteiger partial charge in [0.25, 0.3) is 5.91 Å². The fraction of sp³-hybridized carbons (Fsp3) is 0.500. The molecule has 2 unspecified atom stereocenters. The Bertz CT molecular complexity index is 1160. The summed E-state index contributed by atoms with van der Waals surface area (Å²) in [7, 11) is 0. The molecular formula is C30H43N3O5S. The summed E-state index contributed by atoms with van der Waals surface area (Å²) in [6.45, 7) is 14.5. The number of carbonyl (C=O) groups excluding carboxylic acids is 3. The Kier molecular flexibility index (Phi) is 11.3. The Morgan fingerprint density at radius 2 is 1.64 bits per heavy atom. The number of para-hydroxylation sites is 1. The number of hydrogen-bond acceptors (Lipinski definition) is 6. The molecule has 2 aromatic rings. The van der Waals surface area contributed by atoms with Crippen LogP contribution in [0.2, 0.25) is 0 Å². The Morgan fingerprint density at radius 1 is 1.03 bits per heavy atom. The molecule has 2 rings (SSSR count). The quantitative estimate of drug-likeness (QED) is 0.337. The van der Waals surface area contributed by atoms with Crippen molar-refractivity contribution in [2.45, 2.75) is 85.5 Å². The Labute approximate surface area is 236 Å². The maximum atomic E-state index is 14.2. The van der Waals surface area contributed by atoms with Gasteiger partial charge in [0.15, 0.2) is 0 Å². The number of alkyl carbamates (subject to hydrolysis) is 1. The largest absolute Gasteiger partial charge is 0.508 e. The monoisotopic (exact) mass is 557 g/mol. The molecule has 0 spiro atoms. The smallest absolute Gasteiger partial charge is 0.408 e. The summed E-state index contributed by atoms with van der Waals surface area (Å²) >= 11 is 1.56. The van der Waals surface area contributed by atoms with E-state index in [-0.39, 0.29) is 11.7 Å². The van der Waals surface area contributed by atoms with Crippen LogP contribution in [0.4, 0.5) is 10.5 Å². The van der Waals surface area contributed by atoms with Gasteiger partial charge in [0, 0.05) is 11.7 Å². The number of phenolic OH excluding ortho intramolecular Hbond substituents is 1. The first-order valence-corrected chi connectivity index (χ1v) is 14.5. The molecule has 0 fully saturated rings. The van der Waals surface area contributed by atoms with E-state index in [2.05, 4.69) is 10.6 Å². The number of aromatic hydroxyl groups is 1. The standard InChI is InChI=1S/C30H43N3O5S/c1-18(2)33(28(36)23(15-16-39-9)31-29(37)38-30(6,7)8)26(22-13-14-24(34)21(5)17-22)27(35)32-25-19(3)11-10-12-20(25)4/h10-14,17-18,23,26,34H,15-16H2,1-9H3,(H,31,37)(H,32,35). The lowest BCUT2D eigenvalue weighted by Crippen LogP contribution is -2.54. The molecular weight excluding hydrogens is 514 g/mol. The molecule has 9 heteroatoms. The molecule has 39 heavy (non-hydrogen) atoms. The molecule has 0 bridgehead atoms. The SMILES string of the molecule is CSCCC(NC(=O)OC(C)(C)C)C(=O)N(C(C)C)C(C(=O)Nc1c(C)cccc1C)c1ccc(O)c(C)c1. The van der Waals surface area contributed by atoms with Gasteiger partial charge < -0.3 is 25.4 Å². The number of phenols is 1. The highest BCUT2D eigenvalue weighted by atomic mass is 32.2. The van der Waals surface area contributed by atoms with Gasteiger partial charge in [-0.05, 0) is 108 Å². The first-order valence-electron chi connectivity index (χ1n) is 13.1. The second-order valence-electron chi connectivity index (χ2n) is 11.0. The van der Waals surface area contributed by atoms with Crippen molar-refractivity contribution in [1.29, 1.82) is 0 Å². The molecule has 0 aliphatic heterocycles. The van der Waals surface area contributed by atoms with Gasteiger partial charge in [0.2, 0.25) is 5.91 Å². The zero-order chi connectivity index (χ0) is 29.5. The molecule has 8 nitrogen and oxygen atoms in total. The lowest BCUT2D eigenvalue weighted by Gasteiger charge is -2.37. The number of benzene rings is 2. The molecule has 0 aliphatic rings. The number of thioether (sulfide) groups is 1. The minimum Gasteiger partial charge on any atom is -0.508 e. The first kappa shape index (κ1) is 32.0. The number of aryl methyl sites for hydroxylation is 3. The number of carbonyl (C=O) groups is 3. The molecule has 0 aromatic heterocycles. The van der Waals surface area contributed by atoms with Gasteiger partial charge >= 0.3 is 6.09 Å². The van der Waals surface area contributed by atoms with E-state index in [0.29, 0.717) is 29.0 Å². The number of nitrogens with zero attached hydrogens (tertiary/aromatic N) is 1. The molecule has 3 N–H and O–H groups in total. The van der Waals surface area contributed by atoms with Gasteiger partial charge in [-0.1, -0.05) is 24.3 Å². The normalized spacial score (nSPS) is 13.0. The van der Waals surface area contributed by atoms with Crippen LogP contribution in [0.5, 0.6) is 5.75 Å². The third-order valence-corrected chi connectivity index (χ3v) is 6.85. The van der Waals surface area contributed by atoms with Crippen molar-refractivity contribution in [2.24, 2.45) is 0 Å². The predicted octanol–water partition coefficient (Wildman–Crippen LogP) is 5.88. The summed E-state index contributed by atoms with van der Waals surface area (Å²) in [5.41, 5.74) is 2.89. The molecule has 2 aromatic carbocycles. The molecule has 0 aliphatic carbocycles. The third-order valence-electron chi connectivity index (χ3n) is 6.20. The molecule has 214 valence electrons. The van der Waals surface area contributed by atoms with E-state index >= 15 is 0 Å². The number of rotatable bonds is 10. The Balaban J connectivity index is 2.58. The van der Waals surface area contributed by atoms with Crippen LogP contribution in [-0.4, -0.2) is 57.6 Å². The van der Waals surface area contributed by atoms with E-state index in [1.165, 1.54) is 11.0 Å². The lowest BCUT2D eigenvalue weighted by atomic mass is 9.98. The van der Waals surface area contributed by atoms with Crippen LogP contribution in [0.25, 0.3) is 0 Å². The van der Waals surface area contributed by atoms with Crippen molar-refractivity contribution >= 4 is 35.4 Å². The van der Waals surface area contributed by atoms with Crippen LogP contribution in [0.15, 0.2) is 36.4 Å². The predicted molar refractivity (Wildman–Crippen MR) is 158 cm³/mol. The molecule has 0 heterocycles. The second-order valence-corrected chi connectivity index (χ2v) is 12.0. The second kappa shape index (κ2) is 13.7. The zero-order valence-corrected chi connectivity index (χ0v) is 25.4. The van der Waals surface area contributed by atoms with Crippen molar-refractivity contribution in [3.63, 3.8) is 0 Å². The summed E-state index contributed by atoms with van der Waals surface area (Å²) in [6, 6.07) is 8.33. The molecule has 0 saturated heterocycles. The summed E-state index contributed by atoms with van der Waals surface area (Å²) in [4.78, 5) is 42.4. The topological polar surface area (TPSA) is 108 Å². The number of amides is 3. The van der Waals surface area contributed by atoms with E-state index in [9.17, 15) is 19.5 Å². The molecule has 3 amide bonds. The molecule has 0 saturated carbocycles. The van der Waals surface area contributed by atoms with Crippen LogP contribution in [-0.2, 0) is 14.3 Å². The highest BCUT2D eigenvalue weighted by Crippen LogP contribution is 2.31. The Hall–Kier alpha value is -3.20. The van der Waals surface area contributed by atoms with Gasteiger partial charge in [0.1, 0.15) is 23.4 Å². The summed E-state index contributed by atoms with van der Waals surface area (Å²) in [5.74, 6) is -0.0624. The summed E-state index contributed by atoms with van der Waals surface area (Å²) in [5, 5.41) is 15.9. The van der Waals surface area contributed by atoms with Crippen molar-refractivity contribution in [1.82, 2.24) is 10.2 Å². The molecule has 0 radical (unpaired) electrons. The van der Waals surface area contributed by atoms with Gasteiger partial charge in [-0.2, -0.15) is 11.8 Å².